The molecule has 1 aliphatic rings. The standard InChI is InChI=1S/C17H19ClFN3O3S/c1-12-14(5-6-20(12)2)17(23)21-7-9-22(10-8-21)26(24,25)13-3-4-16(19)15(18)11-13/h3-6,11H,7-10H2,1-2H3. The van der Waals surface area contributed by atoms with Gasteiger partial charge in [0.15, 0.2) is 0 Å². The van der Waals surface area contributed by atoms with Gasteiger partial charge in [0.25, 0.3) is 5.91 Å². The number of aromatic nitrogens is 1. The predicted molar refractivity (Wildman–Crippen MR) is 96.2 cm³/mol. The number of sulfonamides is 1. The fourth-order valence-electron chi connectivity index (χ4n) is 2.92. The maximum absolute atomic E-state index is 13.3. The summed E-state index contributed by atoms with van der Waals surface area (Å²) >= 11 is 5.70. The summed E-state index contributed by atoms with van der Waals surface area (Å²) in [6.45, 7) is 2.80. The molecule has 1 amide bonds. The zero-order valence-electron chi connectivity index (χ0n) is 14.4. The quantitative estimate of drug-likeness (QED) is 0.795. The van der Waals surface area contributed by atoms with Gasteiger partial charge in [-0.1, -0.05) is 11.6 Å². The van der Waals surface area contributed by atoms with Crippen LogP contribution in [-0.2, 0) is 17.1 Å². The van der Waals surface area contributed by atoms with Crippen LogP contribution in [0.1, 0.15) is 16.1 Å². The van der Waals surface area contributed by atoms with E-state index in [1.54, 1.807) is 11.0 Å². The van der Waals surface area contributed by atoms with Gasteiger partial charge in [0.05, 0.1) is 15.5 Å². The van der Waals surface area contributed by atoms with Crippen LogP contribution >= 0.6 is 11.6 Å². The molecule has 0 spiro atoms. The average Bonchev–Trinajstić information content (AvgIpc) is 2.96. The first-order valence-corrected chi connectivity index (χ1v) is 9.90. The lowest BCUT2D eigenvalue weighted by Crippen LogP contribution is -2.50. The number of amides is 1. The Morgan fingerprint density at radius 2 is 1.81 bits per heavy atom. The van der Waals surface area contributed by atoms with Crippen molar-refractivity contribution in [2.75, 3.05) is 26.2 Å². The molecule has 0 bridgehead atoms. The van der Waals surface area contributed by atoms with E-state index in [4.69, 9.17) is 11.6 Å². The van der Waals surface area contributed by atoms with Crippen LogP contribution in [0.15, 0.2) is 35.4 Å². The highest BCUT2D eigenvalue weighted by molar-refractivity contribution is 7.89. The third-order valence-corrected chi connectivity index (χ3v) is 6.85. The SMILES string of the molecule is Cc1c(C(=O)N2CCN(S(=O)(=O)c3ccc(F)c(Cl)c3)CC2)ccn1C. The maximum Gasteiger partial charge on any atom is 0.255 e. The second-order valence-corrected chi connectivity index (χ2v) is 8.54. The lowest BCUT2D eigenvalue weighted by atomic mass is 10.2. The highest BCUT2D eigenvalue weighted by Gasteiger charge is 2.31. The van der Waals surface area contributed by atoms with E-state index >= 15 is 0 Å². The average molecular weight is 400 g/mol. The van der Waals surface area contributed by atoms with Crippen molar-refractivity contribution >= 4 is 27.5 Å². The minimum absolute atomic E-state index is 0.0532. The van der Waals surface area contributed by atoms with Crippen molar-refractivity contribution in [1.82, 2.24) is 13.8 Å². The van der Waals surface area contributed by atoms with Gasteiger partial charge in [-0.2, -0.15) is 4.31 Å². The summed E-state index contributed by atoms with van der Waals surface area (Å²) in [5.41, 5.74) is 1.49. The summed E-state index contributed by atoms with van der Waals surface area (Å²) in [5, 5.41) is -0.237. The molecule has 1 aromatic carbocycles. The minimum atomic E-state index is -3.78. The normalized spacial score (nSPS) is 16.1. The number of nitrogens with zero attached hydrogens (tertiary/aromatic N) is 3. The van der Waals surface area contributed by atoms with E-state index in [0.717, 1.165) is 17.8 Å². The molecule has 2 heterocycles. The lowest BCUT2D eigenvalue weighted by Gasteiger charge is -2.34. The topological polar surface area (TPSA) is 62.6 Å². The maximum atomic E-state index is 13.3. The van der Waals surface area contributed by atoms with Crippen molar-refractivity contribution in [3.8, 4) is 0 Å². The fraction of sp³-hybridized carbons (Fsp3) is 0.353. The highest BCUT2D eigenvalue weighted by atomic mass is 35.5. The summed E-state index contributed by atoms with van der Waals surface area (Å²) in [5.74, 6) is -0.774. The molecule has 0 saturated carbocycles. The van der Waals surface area contributed by atoms with Crippen molar-refractivity contribution in [2.45, 2.75) is 11.8 Å². The van der Waals surface area contributed by atoms with Gasteiger partial charge in [0.1, 0.15) is 5.82 Å². The van der Waals surface area contributed by atoms with Crippen molar-refractivity contribution in [3.63, 3.8) is 0 Å². The molecule has 3 rings (SSSR count). The third kappa shape index (κ3) is 3.36. The van der Waals surface area contributed by atoms with Crippen molar-refractivity contribution in [1.29, 1.82) is 0 Å². The van der Waals surface area contributed by atoms with E-state index < -0.39 is 15.8 Å². The molecule has 0 atom stereocenters. The summed E-state index contributed by atoms with van der Waals surface area (Å²) in [7, 11) is -1.91. The predicted octanol–water partition coefficient (Wildman–Crippen LogP) is 2.27. The Morgan fingerprint density at radius 1 is 1.15 bits per heavy atom. The number of halogens is 2. The Morgan fingerprint density at radius 3 is 2.35 bits per heavy atom. The lowest BCUT2D eigenvalue weighted by molar-refractivity contribution is 0.0697. The summed E-state index contributed by atoms with van der Waals surface area (Å²) in [4.78, 5) is 14.2. The first-order valence-electron chi connectivity index (χ1n) is 8.08. The molecule has 2 aromatic rings. The Balaban J connectivity index is 1.72. The third-order valence-electron chi connectivity index (χ3n) is 4.67. The monoisotopic (exact) mass is 399 g/mol. The first kappa shape index (κ1) is 18.9. The molecule has 6 nitrogen and oxygen atoms in total. The smallest absolute Gasteiger partial charge is 0.255 e. The van der Waals surface area contributed by atoms with Gasteiger partial charge in [-0.25, -0.2) is 12.8 Å². The molecule has 0 radical (unpaired) electrons. The second kappa shape index (κ2) is 7.02. The van der Waals surface area contributed by atoms with Gasteiger partial charge < -0.3 is 9.47 Å². The van der Waals surface area contributed by atoms with Gasteiger partial charge in [0.2, 0.25) is 10.0 Å². The van der Waals surface area contributed by atoms with Crippen molar-refractivity contribution in [2.24, 2.45) is 7.05 Å². The summed E-state index contributed by atoms with van der Waals surface area (Å²) in [6.07, 6.45) is 1.82. The van der Waals surface area contributed by atoms with Crippen LogP contribution < -0.4 is 0 Å². The van der Waals surface area contributed by atoms with Crippen LogP contribution in [0, 0.1) is 12.7 Å². The van der Waals surface area contributed by atoms with Gasteiger partial charge in [-0.3, -0.25) is 4.79 Å². The van der Waals surface area contributed by atoms with Crippen molar-refractivity contribution in [3.05, 3.63) is 52.6 Å². The second-order valence-electron chi connectivity index (χ2n) is 6.20. The Hall–Kier alpha value is -1.90. The zero-order chi connectivity index (χ0) is 19.1. The van der Waals surface area contributed by atoms with Gasteiger partial charge in [0, 0.05) is 45.1 Å². The number of hydrogen-bond acceptors (Lipinski definition) is 3. The fourth-order valence-corrected chi connectivity index (χ4v) is 4.62. The van der Waals surface area contributed by atoms with E-state index in [1.807, 2.05) is 24.7 Å². The molecule has 26 heavy (non-hydrogen) atoms. The molecule has 0 unspecified atom stereocenters. The number of piperazine rings is 1. The Labute approximate surface area is 156 Å². The largest absolute Gasteiger partial charge is 0.354 e. The summed E-state index contributed by atoms with van der Waals surface area (Å²) < 4.78 is 41.8. The van der Waals surface area contributed by atoms with Crippen LogP contribution in [-0.4, -0.2) is 54.3 Å². The molecule has 0 aliphatic carbocycles. The van der Waals surface area contributed by atoms with Crippen LogP contribution in [0.3, 0.4) is 0 Å². The summed E-state index contributed by atoms with van der Waals surface area (Å²) in [6, 6.07) is 5.10. The number of rotatable bonds is 3. The Bertz CT molecular complexity index is 950. The van der Waals surface area contributed by atoms with E-state index in [2.05, 4.69) is 0 Å². The van der Waals surface area contributed by atoms with Crippen LogP contribution in [0.2, 0.25) is 5.02 Å². The van der Waals surface area contributed by atoms with E-state index in [0.29, 0.717) is 18.7 Å². The van der Waals surface area contributed by atoms with E-state index in [9.17, 15) is 17.6 Å². The number of hydrogen-bond donors (Lipinski definition) is 0. The van der Waals surface area contributed by atoms with Gasteiger partial charge >= 0.3 is 0 Å². The molecular formula is C17H19ClFN3O3S. The van der Waals surface area contributed by atoms with Crippen LogP contribution in [0.5, 0.6) is 0 Å². The van der Waals surface area contributed by atoms with E-state index in [1.165, 1.54) is 10.4 Å². The van der Waals surface area contributed by atoms with Gasteiger partial charge in [-0.05, 0) is 31.2 Å². The van der Waals surface area contributed by atoms with Gasteiger partial charge in [-0.15, -0.1) is 0 Å². The molecule has 1 aliphatic heterocycles. The first-order chi connectivity index (χ1) is 12.2. The van der Waals surface area contributed by atoms with Crippen LogP contribution in [0.25, 0.3) is 0 Å². The zero-order valence-corrected chi connectivity index (χ0v) is 16.0. The number of aryl methyl sites for hydroxylation is 1. The molecule has 9 heteroatoms. The highest BCUT2D eigenvalue weighted by Crippen LogP contribution is 2.23. The minimum Gasteiger partial charge on any atom is -0.354 e. The van der Waals surface area contributed by atoms with E-state index in [-0.39, 0.29) is 28.9 Å². The number of benzene rings is 1. The van der Waals surface area contributed by atoms with Crippen LogP contribution in [0.4, 0.5) is 4.39 Å². The number of carbonyl (C=O) groups excluding carboxylic acids is 1. The molecule has 140 valence electrons. The molecule has 0 N–H and O–H groups in total. The molecule has 1 saturated heterocycles. The number of carbonyl (C=O) groups is 1. The molecule has 1 fully saturated rings. The molecular weight excluding hydrogens is 381 g/mol. The van der Waals surface area contributed by atoms with Crippen molar-refractivity contribution < 1.29 is 17.6 Å². The Kier molecular flexibility index (Phi) is 5.09. The molecule has 1 aromatic heterocycles.